The summed E-state index contributed by atoms with van der Waals surface area (Å²) in [6.07, 6.45) is 4.31. The van der Waals surface area contributed by atoms with Crippen molar-refractivity contribution in [2.75, 3.05) is 26.0 Å². The van der Waals surface area contributed by atoms with Crippen LogP contribution in [0, 0.1) is 17.3 Å². The number of carbonyl (C=O) groups is 2. The summed E-state index contributed by atoms with van der Waals surface area (Å²) in [5.41, 5.74) is -1.39. The van der Waals surface area contributed by atoms with E-state index in [1.54, 1.807) is 0 Å². The van der Waals surface area contributed by atoms with Crippen LogP contribution in [-0.4, -0.2) is 56.0 Å². The van der Waals surface area contributed by atoms with Gasteiger partial charge in [0.2, 0.25) is 10.0 Å². The standard InChI is InChI=1S/C21H27ClN2O6S/c1-24(2)31(28,29)15-3-4-16(22)17(6-15)23-18(25)11-30-19(26)20-7-13-5-14(8-20)10-21(27,9-13)12-20/h3-4,6,13-14,27H,5,7-12H2,1-2H3,(H,23,25). The maximum absolute atomic E-state index is 12.9. The van der Waals surface area contributed by atoms with Crippen LogP contribution in [0.3, 0.4) is 0 Å². The SMILES string of the molecule is CN(C)S(=O)(=O)c1ccc(Cl)c(NC(=O)COC(=O)C23CC4CC(CC(O)(C4)C2)C3)c1. The molecule has 1 aromatic rings. The van der Waals surface area contributed by atoms with E-state index in [4.69, 9.17) is 16.3 Å². The van der Waals surface area contributed by atoms with E-state index < -0.39 is 39.5 Å². The highest BCUT2D eigenvalue weighted by Crippen LogP contribution is 2.61. The van der Waals surface area contributed by atoms with Crippen LogP contribution in [0.15, 0.2) is 23.1 Å². The van der Waals surface area contributed by atoms with Crippen molar-refractivity contribution in [3.8, 4) is 0 Å². The summed E-state index contributed by atoms with van der Waals surface area (Å²) < 4.78 is 31.0. The molecule has 0 heterocycles. The van der Waals surface area contributed by atoms with Gasteiger partial charge in [0.15, 0.2) is 6.61 Å². The number of hydrogen-bond donors (Lipinski definition) is 2. The van der Waals surface area contributed by atoms with Gasteiger partial charge in [-0.05, 0) is 68.6 Å². The zero-order valence-electron chi connectivity index (χ0n) is 17.6. The second-order valence-electron chi connectivity index (χ2n) is 9.52. The maximum atomic E-state index is 12.9. The van der Waals surface area contributed by atoms with Crippen LogP contribution in [-0.2, 0) is 24.3 Å². The monoisotopic (exact) mass is 470 g/mol. The lowest BCUT2D eigenvalue weighted by molar-refractivity contribution is -0.196. The number of nitrogens with one attached hydrogen (secondary N) is 1. The van der Waals surface area contributed by atoms with E-state index in [-0.39, 0.29) is 15.6 Å². The lowest BCUT2D eigenvalue weighted by Crippen LogP contribution is -2.58. The van der Waals surface area contributed by atoms with E-state index in [2.05, 4.69) is 5.32 Å². The minimum absolute atomic E-state index is 0.0176. The Balaban J connectivity index is 1.41. The molecule has 4 aliphatic carbocycles. The average molecular weight is 471 g/mol. The number of anilines is 1. The van der Waals surface area contributed by atoms with Crippen LogP contribution in [0.1, 0.15) is 38.5 Å². The minimum atomic E-state index is -3.70. The Morgan fingerprint density at radius 1 is 1.23 bits per heavy atom. The molecule has 10 heteroatoms. The highest BCUT2D eigenvalue weighted by molar-refractivity contribution is 7.89. The van der Waals surface area contributed by atoms with Crippen LogP contribution in [0.25, 0.3) is 0 Å². The number of hydrogen-bond acceptors (Lipinski definition) is 6. The van der Waals surface area contributed by atoms with Crippen molar-refractivity contribution in [3.63, 3.8) is 0 Å². The fraction of sp³-hybridized carbons (Fsp3) is 0.619. The minimum Gasteiger partial charge on any atom is -0.455 e. The van der Waals surface area contributed by atoms with Crippen LogP contribution in [0.5, 0.6) is 0 Å². The molecule has 4 saturated carbocycles. The molecule has 0 aliphatic heterocycles. The number of ether oxygens (including phenoxy) is 1. The van der Waals surface area contributed by atoms with Gasteiger partial charge < -0.3 is 15.2 Å². The molecule has 0 radical (unpaired) electrons. The number of carbonyl (C=O) groups excluding carboxylic acids is 2. The van der Waals surface area contributed by atoms with Gasteiger partial charge in [0.05, 0.1) is 26.6 Å². The fourth-order valence-corrected chi connectivity index (χ4v) is 6.99. The van der Waals surface area contributed by atoms with Crippen molar-refractivity contribution in [2.45, 2.75) is 49.0 Å². The van der Waals surface area contributed by atoms with Gasteiger partial charge in [0.25, 0.3) is 5.91 Å². The third-order valence-electron chi connectivity index (χ3n) is 6.79. The van der Waals surface area contributed by atoms with Gasteiger partial charge in [-0.25, -0.2) is 12.7 Å². The molecule has 1 aromatic carbocycles. The van der Waals surface area contributed by atoms with Crippen molar-refractivity contribution in [1.82, 2.24) is 4.31 Å². The number of halogens is 1. The molecule has 8 nitrogen and oxygen atoms in total. The van der Waals surface area contributed by atoms with E-state index in [1.165, 1.54) is 32.3 Å². The predicted octanol–water partition coefficient (Wildman–Crippen LogP) is 2.40. The zero-order chi connectivity index (χ0) is 22.6. The van der Waals surface area contributed by atoms with Gasteiger partial charge >= 0.3 is 5.97 Å². The molecule has 2 unspecified atom stereocenters. The summed E-state index contributed by atoms with van der Waals surface area (Å²) in [4.78, 5) is 25.3. The van der Waals surface area contributed by atoms with Crippen molar-refractivity contribution < 1.29 is 27.9 Å². The number of amides is 1. The first kappa shape index (κ1) is 22.5. The normalized spacial score (nSPS) is 31.6. The van der Waals surface area contributed by atoms with Gasteiger partial charge in [-0.3, -0.25) is 9.59 Å². The molecule has 5 rings (SSSR count). The Morgan fingerprint density at radius 3 is 2.45 bits per heavy atom. The van der Waals surface area contributed by atoms with Crippen molar-refractivity contribution in [3.05, 3.63) is 23.2 Å². The largest absolute Gasteiger partial charge is 0.455 e. The van der Waals surface area contributed by atoms with Gasteiger partial charge in [-0.15, -0.1) is 0 Å². The van der Waals surface area contributed by atoms with E-state index in [9.17, 15) is 23.1 Å². The summed E-state index contributed by atoms with van der Waals surface area (Å²) in [5.74, 6) is -0.399. The molecule has 2 atom stereocenters. The van der Waals surface area contributed by atoms with Crippen molar-refractivity contribution >= 4 is 39.2 Å². The quantitative estimate of drug-likeness (QED) is 0.617. The number of nitrogens with zero attached hydrogens (tertiary/aromatic N) is 1. The number of benzene rings is 1. The molecule has 1 amide bonds. The molecule has 0 saturated heterocycles. The van der Waals surface area contributed by atoms with Crippen molar-refractivity contribution in [2.24, 2.45) is 17.3 Å². The summed E-state index contributed by atoms with van der Waals surface area (Å²) in [5, 5.41) is 13.5. The van der Waals surface area contributed by atoms with Crippen LogP contribution in [0.2, 0.25) is 5.02 Å². The second-order valence-corrected chi connectivity index (χ2v) is 12.1. The van der Waals surface area contributed by atoms with E-state index in [0.29, 0.717) is 31.1 Å². The Morgan fingerprint density at radius 2 is 1.87 bits per heavy atom. The fourth-order valence-electron chi connectivity index (χ4n) is 5.89. The van der Waals surface area contributed by atoms with Gasteiger partial charge in [-0.2, -0.15) is 0 Å². The third-order valence-corrected chi connectivity index (χ3v) is 8.93. The first-order valence-corrected chi connectivity index (χ1v) is 12.2. The zero-order valence-corrected chi connectivity index (χ0v) is 19.1. The topological polar surface area (TPSA) is 113 Å². The van der Waals surface area contributed by atoms with Crippen molar-refractivity contribution in [1.29, 1.82) is 0 Å². The molecular weight excluding hydrogens is 444 g/mol. The number of esters is 1. The first-order valence-electron chi connectivity index (χ1n) is 10.3. The summed E-state index contributed by atoms with van der Waals surface area (Å²) in [7, 11) is -0.884. The van der Waals surface area contributed by atoms with Crippen LogP contribution < -0.4 is 5.32 Å². The molecule has 170 valence electrons. The number of sulfonamides is 1. The second kappa shape index (κ2) is 7.72. The lowest BCUT2D eigenvalue weighted by atomic mass is 9.48. The molecule has 0 aromatic heterocycles. The Hall–Kier alpha value is -1.68. The van der Waals surface area contributed by atoms with Crippen LogP contribution in [0.4, 0.5) is 5.69 Å². The predicted molar refractivity (Wildman–Crippen MR) is 114 cm³/mol. The highest BCUT2D eigenvalue weighted by Gasteiger charge is 2.60. The van der Waals surface area contributed by atoms with E-state index in [0.717, 1.165) is 23.6 Å². The van der Waals surface area contributed by atoms with E-state index >= 15 is 0 Å². The summed E-state index contributed by atoms with van der Waals surface area (Å²) in [6.45, 7) is -0.505. The molecule has 31 heavy (non-hydrogen) atoms. The molecule has 0 spiro atoms. The molecule has 4 aliphatic rings. The van der Waals surface area contributed by atoms with Crippen LogP contribution >= 0.6 is 11.6 Å². The third kappa shape index (κ3) is 4.20. The van der Waals surface area contributed by atoms with Gasteiger partial charge in [0, 0.05) is 14.1 Å². The molecule has 2 N–H and O–H groups in total. The Bertz CT molecular complexity index is 1010. The first-order chi connectivity index (χ1) is 14.4. The summed E-state index contributed by atoms with van der Waals surface area (Å²) in [6, 6.07) is 4.01. The molecule has 4 fully saturated rings. The van der Waals surface area contributed by atoms with Gasteiger partial charge in [-0.1, -0.05) is 11.6 Å². The Labute approximate surface area is 186 Å². The lowest BCUT2D eigenvalue weighted by Gasteiger charge is -2.58. The smallest absolute Gasteiger partial charge is 0.312 e. The highest BCUT2D eigenvalue weighted by atomic mass is 35.5. The summed E-state index contributed by atoms with van der Waals surface area (Å²) >= 11 is 6.10. The molecule has 4 bridgehead atoms. The van der Waals surface area contributed by atoms with Gasteiger partial charge in [0.1, 0.15) is 0 Å². The van der Waals surface area contributed by atoms with E-state index in [1.807, 2.05) is 0 Å². The average Bonchev–Trinajstić information content (AvgIpc) is 2.65. The number of aliphatic hydroxyl groups is 1. The number of rotatable bonds is 6. The maximum Gasteiger partial charge on any atom is 0.312 e. The molecular formula is C21H27ClN2O6S. The Kier molecular flexibility index (Phi) is 5.61.